The summed E-state index contributed by atoms with van der Waals surface area (Å²) in [6.45, 7) is 1.00. The van der Waals surface area contributed by atoms with Gasteiger partial charge in [-0.05, 0) is 48.1 Å². The molecule has 0 aliphatic carbocycles. The fraction of sp³-hybridized carbons (Fsp3) is 0.357. The molecule has 100 valence electrons. The van der Waals surface area contributed by atoms with Gasteiger partial charge in [0.1, 0.15) is 0 Å². The Morgan fingerprint density at radius 1 is 1.47 bits per heavy atom. The third-order valence-corrected chi connectivity index (χ3v) is 4.78. The molecule has 3 nitrogen and oxygen atoms in total. The molecule has 0 bridgehead atoms. The second-order valence-electron chi connectivity index (χ2n) is 4.72. The smallest absolute Gasteiger partial charge is 0.0877 e. The SMILES string of the molecule is Clc1ccc(-n2cccn2)c(NCC2CCSC2)c1. The van der Waals surface area contributed by atoms with Gasteiger partial charge in [-0.25, -0.2) is 4.68 Å². The monoisotopic (exact) mass is 293 g/mol. The van der Waals surface area contributed by atoms with Crippen molar-refractivity contribution in [1.82, 2.24) is 9.78 Å². The number of aromatic nitrogens is 2. The molecule has 1 aliphatic rings. The average molecular weight is 294 g/mol. The zero-order valence-corrected chi connectivity index (χ0v) is 12.1. The first kappa shape index (κ1) is 12.9. The van der Waals surface area contributed by atoms with Crippen molar-refractivity contribution in [3.8, 4) is 5.69 Å². The molecule has 1 aliphatic heterocycles. The Morgan fingerprint density at radius 3 is 3.16 bits per heavy atom. The Morgan fingerprint density at radius 2 is 2.42 bits per heavy atom. The van der Waals surface area contributed by atoms with E-state index >= 15 is 0 Å². The highest BCUT2D eigenvalue weighted by atomic mass is 35.5. The van der Waals surface area contributed by atoms with E-state index in [-0.39, 0.29) is 0 Å². The number of benzene rings is 1. The van der Waals surface area contributed by atoms with Crippen molar-refractivity contribution in [3.05, 3.63) is 41.7 Å². The van der Waals surface area contributed by atoms with E-state index < -0.39 is 0 Å². The summed E-state index contributed by atoms with van der Waals surface area (Å²) in [4.78, 5) is 0. The van der Waals surface area contributed by atoms with Crippen molar-refractivity contribution in [1.29, 1.82) is 0 Å². The molecule has 1 unspecified atom stereocenters. The van der Waals surface area contributed by atoms with Crippen LogP contribution in [-0.4, -0.2) is 27.8 Å². The molecule has 5 heteroatoms. The van der Waals surface area contributed by atoms with Crippen LogP contribution in [0.4, 0.5) is 5.69 Å². The van der Waals surface area contributed by atoms with E-state index in [1.165, 1.54) is 17.9 Å². The van der Waals surface area contributed by atoms with Crippen LogP contribution >= 0.6 is 23.4 Å². The number of thioether (sulfide) groups is 1. The molecule has 1 fully saturated rings. The normalized spacial score (nSPS) is 18.7. The largest absolute Gasteiger partial charge is 0.383 e. The molecule has 1 aromatic heterocycles. The highest BCUT2D eigenvalue weighted by molar-refractivity contribution is 7.99. The quantitative estimate of drug-likeness (QED) is 0.932. The molecule has 2 heterocycles. The van der Waals surface area contributed by atoms with Crippen molar-refractivity contribution in [2.24, 2.45) is 5.92 Å². The molecule has 19 heavy (non-hydrogen) atoms. The summed E-state index contributed by atoms with van der Waals surface area (Å²) in [5, 5.41) is 8.56. The molecule has 1 atom stereocenters. The number of hydrogen-bond donors (Lipinski definition) is 1. The third-order valence-electron chi connectivity index (χ3n) is 3.32. The van der Waals surface area contributed by atoms with Crippen LogP contribution in [0.25, 0.3) is 5.69 Å². The van der Waals surface area contributed by atoms with Crippen LogP contribution in [0.5, 0.6) is 0 Å². The maximum absolute atomic E-state index is 6.10. The molecule has 0 amide bonds. The Hall–Kier alpha value is -1.13. The topological polar surface area (TPSA) is 29.9 Å². The van der Waals surface area contributed by atoms with E-state index in [0.717, 1.165) is 28.9 Å². The van der Waals surface area contributed by atoms with Gasteiger partial charge >= 0.3 is 0 Å². The van der Waals surface area contributed by atoms with E-state index in [9.17, 15) is 0 Å². The van der Waals surface area contributed by atoms with Gasteiger partial charge in [0.2, 0.25) is 0 Å². The van der Waals surface area contributed by atoms with Gasteiger partial charge in [0, 0.05) is 24.0 Å². The molecule has 1 N–H and O–H groups in total. The lowest BCUT2D eigenvalue weighted by atomic mass is 10.1. The van der Waals surface area contributed by atoms with Crippen LogP contribution < -0.4 is 5.32 Å². The van der Waals surface area contributed by atoms with Crippen LogP contribution in [-0.2, 0) is 0 Å². The maximum atomic E-state index is 6.10. The molecular weight excluding hydrogens is 278 g/mol. The van der Waals surface area contributed by atoms with Gasteiger partial charge in [-0.1, -0.05) is 11.6 Å². The van der Waals surface area contributed by atoms with Gasteiger partial charge in [0.25, 0.3) is 0 Å². The lowest BCUT2D eigenvalue weighted by Gasteiger charge is -2.15. The molecule has 1 saturated heterocycles. The zero-order valence-electron chi connectivity index (χ0n) is 10.6. The lowest BCUT2D eigenvalue weighted by Crippen LogP contribution is -2.15. The number of rotatable bonds is 4. The average Bonchev–Trinajstić information content (AvgIpc) is 3.10. The summed E-state index contributed by atoms with van der Waals surface area (Å²) >= 11 is 8.14. The number of hydrogen-bond acceptors (Lipinski definition) is 3. The Balaban J connectivity index is 1.80. The van der Waals surface area contributed by atoms with Crippen molar-refractivity contribution >= 4 is 29.1 Å². The lowest BCUT2D eigenvalue weighted by molar-refractivity contribution is 0.631. The van der Waals surface area contributed by atoms with E-state index in [1.807, 2.05) is 46.9 Å². The number of nitrogens with zero attached hydrogens (tertiary/aromatic N) is 2. The highest BCUT2D eigenvalue weighted by Crippen LogP contribution is 2.27. The van der Waals surface area contributed by atoms with Crippen LogP contribution in [0.2, 0.25) is 5.02 Å². The molecule has 3 rings (SSSR count). The first-order chi connectivity index (χ1) is 9.33. The fourth-order valence-electron chi connectivity index (χ4n) is 2.26. The van der Waals surface area contributed by atoms with Crippen molar-refractivity contribution in [2.75, 3.05) is 23.4 Å². The molecule has 0 radical (unpaired) electrons. The predicted octanol–water partition coefficient (Wildman–Crippen LogP) is 3.69. The molecule has 0 spiro atoms. The molecule has 0 saturated carbocycles. The van der Waals surface area contributed by atoms with Crippen molar-refractivity contribution < 1.29 is 0 Å². The summed E-state index contributed by atoms with van der Waals surface area (Å²) in [7, 11) is 0. The predicted molar refractivity (Wildman–Crippen MR) is 82.5 cm³/mol. The second kappa shape index (κ2) is 5.88. The summed E-state index contributed by atoms with van der Waals surface area (Å²) in [6.07, 6.45) is 5.03. The van der Waals surface area contributed by atoms with E-state index in [1.54, 1.807) is 6.20 Å². The highest BCUT2D eigenvalue weighted by Gasteiger charge is 2.16. The van der Waals surface area contributed by atoms with Gasteiger partial charge in [0.05, 0.1) is 11.4 Å². The van der Waals surface area contributed by atoms with Gasteiger partial charge in [-0.3, -0.25) is 0 Å². The van der Waals surface area contributed by atoms with Crippen LogP contribution in [0, 0.1) is 5.92 Å². The first-order valence-electron chi connectivity index (χ1n) is 6.44. The maximum Gasteiger partial charge on any atom is 0.0877 e. The van der Waals surface area contributed by atoms with Gasteiger partial charge in [-0.2, -0.15) is 16.9 Å². The Bertz CT molecular complexity index is 536. The Labute approximate surface area is 122 Å². The molecular formula is C14H16ClN3S. The van der Waals surface area contributed by atoms with Crippen LogP contribution in [0.15, 0.2) is 36.7 Å². The minimum atomic E-state index is 0.749. The minimum absolute atomic E-state index is 0.749. The van der Waals surface area contributed by atoms with Crippen molar-refractivity contribution in [3.63, 3.8) is 0 Å². The summed E-state index contributed by atoms with van der Waals surface area (Å²) < 4.78 is 1.86. The summed E-state index contributed by atoms with van der Waals surface area (Å²) in [5.41, 5.74) is 2.09. The number of nitrogens with one attached hydrogen (secondary N) is 1. The van der Waals surface area contributed by atoms with E-state index in [0.29, 0.717) is 0 Å². The standard InChI is InChI=1S/C14H16ClN3S/c15-12-2-3-14(18-6-1-5-17-18)13(8-12)16-9-11-4-7-19-10-11/h1-3,5-6,8,11,16H,4,7,9-10H2. The molecule has 2 aromatic rings. The van der Waals surface area contributed by atoms with Gasteiger partial charge in [0.15, 0.2) is 0 Å². The zero-order chi connectivity index (χ0) is 13.1. The number of anilines is 1. The third kappa shape index (κ3) is 3.07. The molecule has 1 aromatic carbocycles. The van der Waals surface area contributed by atoms with Gasteiger partial charge in [-0.15, -0.1) is 0 Å². The first-order valence-corrected chi connectivity index (χ1v) is 7.97. The second-order valence-corrected chi connectivity index (χ2v) is 6.31. The van der Waals surface area contributed by atoms with E-state index in [2.05, 4.69) is 10.4 Å². The fourth-order valence-corrected chi connectivity index (χ4v) is 3.72. The Kier molecular flexibility index (Phi) is 3.99. The summed E-state index contributed by atoms with van der Waals surface area (Å²) in [6, 6.07) is 7.79. The minimum Gasteiger partial charge on any atom is -0.383 e. The van der Waals surface area contributed by atoms with Gasteiger partial charge < -0.3 is 5.32 Å². The summed E-state index contributed by atoms with van der Waals surface area (Å²) in [5.74, 6) is 3.30. The number of halogens is 1. The van der Waals surface area contributed by atoms with E-state index in [4.69, 9.17) is 11.6 Å². The van der Waals surface area contributed by atoms with Crippen LogP contribution in [0.3, 0.4) is 0 Å². The van der Waals surface area contributed by atoms with Crippen LogP contribution in [0.1, 0.15) is 6.42 Å². The van der Waals surface area contributed by atoms with Crippen molar-refractivity contribution in [2.45, 2.75) is 6.42 Å².